The molecule has 0 saturated carbocycles. The van der Waals surface area contributed by atoms with Crippen molar-refractivity contribution in [1.82, 2.24) is 20.4 Å². The van der Waals surface area contributed by atoms with E-state index in [0.717, 1.165) is 11.1 Å². The van der Waals surface area contributed by atoms with Gasteiger partial charge in [-0.2, -0.15) is 0 Å². The third-order valence-corrected chi connectivity index (χ3v) is 10.4. The number of esters is 1. The first-order chi connectivity index (χ1) is 19.7. The van der Waals surface area contributed by atoms with Crippen LogP contribution in [0.25, 0.3) is 0 Å². The highest BCUT2D eigenvalue weighted by Crippen LogP contribution is 2.46. The molecule has 5 rings (SSSR count). The lowest BCUT2D eigenvalue weighted by Gasteiger charge is -2.53. The summed E-state index contributed by atoms with van der Waals surface area (Å²) in [5, 5.41) is 12.1. The number of carbonyl (C=O) groups excluding carboxylic acids is 4. The van der Waals surface area contributed by atoms with Crippen LogP contribution in [0, 0.1) is 0 Å². The monoisotopic (exact) mass is 657 g/mol. The van der Waals surface area contributed by atoms with Crippen molar-refractivity contribution in [2.45, 2.75) is 29.4 Å². The van der Waals surface area contributed by atoms with Crippen LogP contribution >= 0.6 is 39.0 Å². The summed E-state index contributed by atoms with van der Waals surface area (Å²) in [5.74, 6) is -1.34. The smallest absolute Gasteiger partial charge is 0.322 e. The number of ketones is 1. The summed E-state index contributed by atoms with van der Waals surface area (Å²) in [7, 11) is 3.68. The normalized spacial score (nSPS) is 21.6. The summed E-state index contributed by atoms with van der Waals surface area (Å²) in [6.07, 6.45) is -0.974. The molecule has 2 unspecified atom stereocenters. The second-order valence-corrected chi connectivity index (χ2v) is 12.7. The largest absolute Gasteiger partial charge is 0.452 e. The molecule has 2 aliphatic heterocycles. The predicted molar refractivity (Wildman–Crippen MR) is 160 cm³/mol. The number of carbonyl (C=O) groups is 4. The van der Waals surface area contributed by atoms with Crippen molar-refractivity contribution in [3.8, 4) is 0 Å². The molecule has 2 fully saturated rings. The van der Waals surface area contributed by atoms with Gasteiger partial charge in [-0.25, -0.2) is 0 Å². The molecule has 2 amide bonds. The molecule has 10 nitrogen and oxygen atoms in total. The zero-order valence-corrected chi connectivity index (χ0v) is 25.6. The minimum atomic E-state index is -1.27. The Balaban J connectivity index is 1.43. The first kappa shape index (κ1) is 29.2. The predicted octanol–water partition coefficient (Wildman–Crippen LogP) is 2.93. The molecular formula is C28H28BrN5O5S2. The highest BCUT2D eigenvalue weighted by atomic mass is 79.9. The zero-order valence-electron chi connectivity index (χ0n) is 22.4. The van der Waals surface area contributed by atoms with Gasteiger partial charge in [0.05, 0.1) is 11.8 Å². The van der Waals surface area contributed by atoms with Crippen LogP contribution in [-0.2, 0) is 29.3 Å². The lowest BCUT2D eigenvalue weighted by Crippen LogP contribution is -2.74. The minimum Gasteiger partial charge on any atom is -0.452 e. The van der Waals surface area contributed by atoms with Gasteiger partial charge in [-0.3, -0.25) is 19.2 Å². The molecule has 214 valence electrons. The molecule has 1 aromatic heterocycles. The number of nitrogens with zero attached hydrogens (tertiary/aromatic N) is 4. The number of aromatic nitrogens is 2. The van der Waals surface area contributed by atoms with Gasteiger partial charge < -0.3 is 19.9 Å². The second kappa shape index (κ2) is 12.3. The van der Waals surface area contributed by atoms with Crippen molar-refractivity contribution in [3.63, 3.8) is 0 Å². The molecule has 13 heteroatoms. The number of amides is 2. The number of hydrogen-bond acceptors (Lipinski definition) is 10. The van der Waals surface area contributed by atoms with E-state index in [0.29, 0.717) is 10.1 Å². The quantitative estimate of drug-likeness (QED) is 0.152. The Morgan fingerprint density at radius 2 is 1.73 bits per heavy atom. The van der Waals surface area contributed by atoms with Gasteiger partial charge in [0.15, 0.2) is 11.9 Å². The molecule has 0 bridgehead atoms. The van der Waals surface area contributed by atoms with Crippen molar-refractivity contribution >= 4 is 67.7 Å². The number of β-lactam (4-membered cyclic amide) rings is 1. The van der Waals surface area contributed by atoms with Crippen LogP contribution in [0.5, 0.6) is 0 Å². The maximum atomic E-state index is 14.3. The van der Waals surface area contributed by atoms with Crippen LogP contribution in [0.4, 0.5) is 5.13 Å². The minimum absolute atomic E-state index is 0.0351. The average Bonchev–Trinajstić information content (AvgIpc) is 3.50. The van der Waals surface area contributed by atoms with Crippen LogP contribution in [-0.4, -0.2) is 81.8 Å². The zero-order chi connectivity index (χ0) is 29.1. The van der Waals surface area contributed by atoms with Crippen LogP contribution in [0.3, 0.4) is 0 Å². The molecule has 3 atom stereocenters. The fourth-order valence-electron chi connectivity index (χ4n) is 4.76. The van der Waals surface area contributed by atoms with Gasteiger partial charge >= 0.3 is 5.97 Å². The van der Waals surface area contributed by atoms with E-state index in [4.69, 9.17) is 4.74 Å². The Hall–Kier alpha value is -3.29. The number of thioether (sulfide) groups is 1. The van der Waals surface area contributed by atoms with E-state index < -0.39 is 29.4 Å². The van der Waals surface area contributed by atoms with Crippen molar-refractivity contribution in [2.75, 3.05) is 36.6 Å². The topological polar surface area (TPSA) is 122 Å². The van der Waals surface area contributed by atoms with Gasteiger partial charge in [-0.1, -0.05) is 87.9 Å². The first-order valence-corrected chi connectivity index (χ1v) is 15.8. The number of alkyl halides is 1. The SMILES string of the molecule is CN(C)c1nnc(C2(C(=O)OC(c3ccccc3)c3ccccc3)CS[C@@H]3C(NC(=O)CC(=O)CBr)C(=O)N3C2)s1. The molecule has 0 aliphatic carbocycles. The van der Waals surface area contributed by atoms with Crippen LogP contribution in [0.15, 0.2) is 60.7 Å². The molecule has 2 aromatic carbocycles. The number of nitrogens with one attached hydrogen (secondary N) is 1. The molecular weight excluding hydrogens is 630 g/mol. The third kappa shape index (κ3) is 5.88. The Labute approximate surface area is 254 Å². The van der Waals surface area contributed by atoms with E-state index in [2.05, 4.69) is 31.4 Å². The molecule has 3 heterocycles. The number of benzene rings is 2. The first-order valence-electron chi connectivity index (χ1n) is 12.8. The molecule has 2 aliphatic rings. The Kier molecular flexibility index (Phi) is 8.76. The maximum Gasteiger partial charge on any atom is 0.322 e. The summed E-state index contributed by atoms with van der Waals surface area (Å²) in [6.45, 7) is 0.0351. The molecule has 0 radical (unpaired) electrons. The van der Waals surface area contributed by atoms with Crippen molar-refractivity contribution in [3.05, 3.63) is 76.8 Å². The van der Waals surface area contributed by atoms with Crippen molar-refractivity contribution < 1.29 is 23.9 Å². The summed E-state index contributed by atoms with van der Waals surface area (Å²) in [5.41, 5.74) is 0.358. The van der Waals surface area contributed by atoms with E-state index in [1.54, 1.807) is 4.90 Å². The number of fused-ring (bicyclic) bond motifs is 1. The number of hydrogen-bond donors (Lipinski definition) is 1. The van der Waals surface area contributed by atoms with Crippen LogP contribution in [0.2, 0.25) is 0 Å². The molecule has 0 spiro atoms. The number of anilines is 1. The van der Waals surface area contributed by atoms with Crippen molar-refractivity contribution in [2.24, 2.45) is 0 Å². The van der Waals surface area contributed by atoms with E-state index in [9.17, 15) is 19.2 Å². The number of halogens is 1. The lowest BCUT2D eigenvalue weighted by molar-refractivity contribution is -0.160. The summed E-state index contributed by atoms with van der Waals surface area (Å²) in [4.78, 5) is 54.9. The van der Waals surface area contributed by atoms with E-state index in [1.165, 1.54) is 23.1 Å². The van der Waals surface area contributed by atoms with E-state index >= 15 is 0 Å². The number of Topliss-reactive ketones (excluding diaryl/α,β-unsaturated/α-hetero) is 1. The standard InChI is InChI=1S/C28H28BrN5O5S2/c1-33(2)27-32-31-25(41-27)28(15-34-23(37)21(24(34)40-16-28)30-20(36)13-19(35)14-29)26(38)39-22(17-9-5-3-6-10-17)18-11-7-4-8-12-18/h3-12,21-22,24H,13-16H2,1-2H3,(H,30,36)/t21?,24-,28?/m1/s1. The second-order valence-electron chi connectivity index (χ2n) is 10.0. The lowest BCUT2D eigenvalue weighted by atomic mass is 9.87. The Morgan fingerprint density at radius 1 is 1.10 bits per heavy atom. The maximum absolute atomic E-state index is 14.3. The fraction of sp³-hybridized carbons (Fsp3) is 0.357. The Bertz CT molecular complexity index is 1400. The molecule has 3 aromatic rings. The number of ether oxygens (including phenoxy) is 1. The fourth-order valence-corrected chi connectivity index (χ4v) is 7.52. The Morgan fingerprint density at radius 3 is 2.29 bits per heavy atom. The highest BCUT2D eigenvalue weighted by molar-refractivity contribution is 9.09. The van der Waals surface area contributed by atoms with Gasteiger partial charge in [-0.05, 0) is 11.1 Å². The van der Waals surface area contributed by atoms with E-state index in [1.807, 2.05) is 79.7 Å². The summed E-state index contributed by atoms with van der Waals surface area (Å²) < 4.78 is 6.30. The molecule has 41 heavy (non-hydrogen) atoms. The van der Waals surface area contributed by atoms with Gasteiger partial charge in [0.25, 0.3) is 0 Å². The summed E-state index contributed by atoms with van der Waals surface area (Å²) in [6, 6.07) is 18.2. The molecule has 1 N–H and O–H groups in total. The van der Waals surface area contributed by atoms with Crippen LogP contribution in [0.1, 0.15) is 28.7 Å². The van der Waals surface area contributed by atoms with Gasteiger partial charge in [0, 0.05) is 26.4 Å². The van der Waals surface area contributed by atoms with Gasteiger partial charge in [0.1, 0.15) is 21.8 Å². The van der Waals surface area contributed by atoms with E-state index in [-0.39, 0.29) is 41.1 Å². The van der Waals surface area contributed by atoms with Gasteiger partial charge in [0.2, 0.25) is 16.9 Å². The number of rotatable bonds is 10. The van der Waals surface area contributed by atoms with Gasteiger partial charge in [-0.15, -0.1) is 22.0 Å². The summed E-state index contributed by atoms with van der Waals surface area (Å²) >= 11 is 5.71. The van der Waals surface area contributed by atoms with Crippen molar-refractivity contribution in [1.29, 1.82) is 0 Å². The molecule has 2 saturated heterocycles. The van der Waals surface area contributed by atoms with Crippen LogP contribution < -0.4 is 10.2 Å². The average molecular weight is 659 g/mol. The third-order valence-electron chi connectivity index (χ3n) is 6.93. The highest BCUT2D eigenvalue weighted by Gasteiger charge is 2.60.